The third kappa shape index (κ3) is 4.18. The van der Waals surface area contributed by atoms with E-state index in [0.717, 1.165) is 31.2 Å². The van der Waals surface area contributed by atoms with Crippen LogP contribution >= 0.6 is 15.9 Å². The van der Waals surface area contributed by atoms with Crippen molar-refractivity contribution in [3.63, 3.8) is 0 Å². The normalized spacial score (nSPS) is 14.2. The van der Waals surface area contributed by atoms with Gasteiger partial charge in [0.1, 0.15) is 11.6 Å². The molecule has 0 radical (unpaired) electrons. The van der Waals surface area contributed by atoms with Crippen molar-refractivity contribution in [3.8, 4) is 5.75 Å². The number of hydrogen-bond donors (Lipinski definition) is 1. The van der Waals surface area contributed by atoms with E-state index in [2.05, 4.69) is 29.8 Å². The molecular formula is C15H23BrFNO. The van der Waals surface area contributed by atoms with E-state index in [0.29, 0.717) is 16.1 Å². The third-order valence-electron chi connectivity index (χ3n) is 3.59. The average molecular weight is 332 g/mol. The lowest BCUT2D eigenvalue weighted by atomic mass is 9.87. The summed E-state index contributed by atoms with van der Waals surface area (Å²) in [6.45, 7) is 4.32. The van der Waals surface area contributed by atoms with E-state index in [-0.39, 0.29) is 11.9 Å². The SMILES string of the molecule is CCCCC(CC)C(N)c1cc(Br)c(F)cc1OC. The monoisotopic (exact) mass is 331 g/mol. The van der Waals surface area contributed by atoms with E-state index in [9.17, 15) is 4.39 Å². The number of halogens is 2. The van der Waals surface area contributed by atoms with Crippen molar-refractivity contribution in [1.29, 1.82) is 0 Å². The van der Waals surface area contributed by atoms with Gasteiger partial charge >= 0.3 is 0 Å². The molecular weight excluding hydrogens is 309 g/mol. The van der Waals surface area contributed by atoms with Crippen LogP contribution in [0.15, 0.2) is 16.6 Å². The van der Waals surface area contributed by atoms with Crippen molar-refractivity contribution in [3.05, 3.63) is 28.0 Å². The molecule has 0 heterocycles. The van der Waals surface area contributed by atoms with Crippen molar-refractivity contribution in [1.82, 2.24) is 0 Å². The van der Waals surface area contributed by atoms with Crippen LogP contribution in [0, 0.1) is 11.7 Å². The Kier molecular flexibility index (Phi) is 6.80. The molecule has 108 valence electrons. The summed E-state index contributed by atoms with van der Waals surface area (Å²) in [5.74, 6) is 0.601. The van der Waals surface area contributed by atoms with Crippen LogP contribution in [0.4, 0.5) is 4.39 Å². The molecule has 2 N–H and O–H groups in total. The lowest BCUT2D eigenvalue weighted by Gasteiger charge is -2.24. The molecule has 0 aliphatic carbocycles. The molecule has 1 aromatic rings. The van der Waals surface area contributed by atoms with Gasteiger partial charge in [0, 0.05) is 17.7 Å². The van der Waals surface area contributed by atoms with Crippen molar-refractivity contribution in [2.45, 2.75) is 45.6 Å². The molecule has 2 atom stereocenters. The highest BCUT2D eigenvalue weighted by molar-refractivity contribution is 9.10. The quantitative estimate of drug-likeness (QED) is 0.777. The maximum atomic E-state index is 13.5. The number of rotatable bonds is 7. The second-order valence-corrected chi connectivity index (χ2v) is 5.70. The van der Waals surface area contributed by atoms with E-state index >= 15 is 0 Å². The van der Waals surface area contributed by atoms with Gasteiger partial charge in [-0.3, -0.25) is 0 Å². The fraction of sp³-hybridized carbons (Fsp3) is 0.600. The van der Waals surface area contributed by atoms with Gasteiger partial charge in [-0.2, -0.15) is 0 Å². The zero-order chi connectivity index (χ0) is 14.4. The second-order valence-electron chi connectivity index (χ2n) is 4.84. The molecule has 19 heavy (non-hydrogen) atoms. The molecule has 0 saturated carbocycles. The van der Waals surface area contributed by atoms with Gasteiger partial charge in [-0.15, -0.1) is 0 Å². The van der Waals surface area contributed by atoms with Crippen LogP contribution in [0.3, 0.4) is 0 Å². The largest absolute Gasteiger partial charge is 0.496 e. The smallest absolute Gasteiger partial charge is 0.141 e. The van der Waals surface area contributed by atoms with Crippen LogP contribution in [-0.4, -0.2) is 7.11 Å². The Hall–Kier alpha value is -0.610. The predicted molar refractivity (Wildman–Crippen MR) is 80.9 cm³/mol. The van der Waals surface area contributed by atoms with Crippen molar-refractivity contribution >= 4 is 15.9 Å². The van der Waals surface area contributed by atoms with Crippen molar-refractivity contribution in [2.24, 2.45) is 11.7 Å². The summed E-state index contributed by atoms with van der Waals surface area (Å²) < 4.78 is 19.2. The first-order valence-corrected chi connectivity index (χ1v) is 7.62. The van der Waals surface area contributed by atoms with Gasteiger partial charge in [0.25, 0.3) is 0 Å². The van der Waals surface area contributed by atoms with Crippen LogP contribution in [0.25, 0.3) is 0 Å². The molecule has 0 spiro atoms. The number of methoxy groups -OCH3 is 1. The number of nitrogens with two attached hydrogens (primary N) is 1. The summed E-state index contributed by atoms with van der Waals surface area (Å²) >= 11 is 3.22. The summed E-state index contributed by atoms with van der Waals surface area (Å²) in [4.78, 5) is 0. The van der Waals surface area contributed by atoms with E-state index < -0.39 is 0 Å². The minimum Gasteiger partial charge on any atom is -0.496 e. The van der Waals surface area contributed by atoms with Crippen molar-refractivity contribution < 1.29 is 9.13 Å². The molecule has 0 aromatic heterocycles. The van der Waals surface area contributed by atoms with Gasteiger partial charge in [-0.1, -0.05) is 33.1 Å². The van der Waals surface area contributed by atoms with Crippen LogP contribution in [0.5, 0.6) is 5.75 Å². The van der Waals surface area contributed by atoms with Crippen LogP contribution in [0.1, 0.15) is 51.1 Å². The van der Waals surface area contributed by atoms with Crippen molar-refractivity contribution in [2.75, 3.05) is 7.11 Å². The zero-order valence-electron chi connectivity index (χ0n) is 11.9. The molecule has 0 saturated heterocycles. The van der Waals surface area contributed by atoms with Crippen LogP contribution in [-0.2, 0) is 0 Å². The first-order valence-electron chi connectivity index (χ1n) is 6.83. The number of benzene rings is 1. The van der Waals surface area contributed by atoms with Crippen LogP contribution < -0.4 is 10.5 Å². The lowest BCUT2D eigenvalue weighted by Crippen LogP contribution is -2.22. The molecule has 0 aliphatic rings. The van der Waals surface area contributed by atoms with Gasteiger partial charge in [-0.25, -0.2) is 4.39 Å². The van der Waals surface area contributed by atoms with Gasteiger partial charge in [-0.05, 0) is 34.3 Å². The number of ether oxygens (including phenoxy) is 1. The Balaban J connectivity index is 3.02. The lowest BCUT2D eigenvalue weighted by molar-refractivity contribution is 0.354. The molecule has 1 rings (SSSR count). The van der Waals surface area contributed by atoms with E-state index in [1.54, 1.807) is 13.2 Å². The first-order chi connectivity index (χ1) is 9.04. The van der Waals surface area contributed by atoms with E-state index in [4.69, 9.17) is 10.5 Å². The fourth-order valence-electron chi connectivity index (χ4n) is 2.34. The highest BCUT2D eigenvalue weighted by atomic mass is 79.9. The Morgan fingerprint density at radius 2 is 2.05 bits per heavy atom. The molecule has 0 bridgehead atoms. The number of unbranched alkanes of at least 4 members (excludes halogenated alkanes) is 1. The maximum absolute atomic E-state index is 13.5. The predicted octanol–water partition coefficient (Wildman–Crippen LogP) is 4.81. The Morgan fingerprint density at radius 1 is 1.37 bits per heavy atom. The molecule has 2 unspecified atom stereocenters. The molecule has 0 fully saturated rings. The van der Waals surface area contributed by atoms with Gasteiger partial charge < -0.3 is 10.5 Å². The van der Waals surface area contributed by atoms with Crippen LogP contribution in [0.2, 0.25) is 0 Å². The summed E-state index contributed by atoms with van der Waals surface area (Å²) in [6.07, 6.45) is 4.43. The summed E-state index contributed by atoms with van der Waals surface area (Å²) in [6, 6.07) is 3.02. The average Bonchev–Trinajstić information content (AvgIpc) is 2.41. The Morgan fingerprint density at radius 3 is 2.58 bits per heavy atom. The molecule has 0 amide bonds. The number of hydrogen-bond acceptors (Lipinski definition) is 2. The standard InChI is InChI=1S/C15H23BrFNO/c1-4-6-7-10(5-2)15(18)11-8-12(16)13(17)9-14(11)19-3/h8-10,15H,4-7,18H2,1-3H3. The third-order valence-corrected chi connectivity index (χ3v) is 4.20. The Bertz CT molecular complexity index is 411. The molecule has 4 heteroatoms. The highest BCUT2D eigenvalue weighted by Crippen LogP contribution is 2.35. The zero-order valence-corrected chi connectivity index (χ0v) is 13.5. The summed E-state index contributed by atoms with van der Waals surface area (Å²) in [5.41, 5.74) is 7.24. The molecule has 0 aliphatic heterocycles. The van der Waals surface area contributed by atoms with Gasteiger partial charge in [0.05, 0.1) is 11.6 Å². The highest BCUT2D eigenvalue weighted by Gasteiger charge is 2.22. The molecule has 1 aromatic carbocycles. The molecule has 2 nitrogen and oxygen atoms in total. The minimum atomic E-state index is -0.325. The fourth-order valence-corrected chi connectivity index (χ4v) is 2.70. The van der Waals surface area contributed by atoms with E-state index in [1.807, 2.05) is 0 Å². The summed E-state index contributed by atoms with van der Waals surface area (Å²) in [5, 5.41) is 0. The second kappa shape index (κ2) is 7.85. The first kappa shape index (κ1) is 16.4. The van der Waals surface area contributed by atoms with Gasteiger partial charge in [0.15, 0.2) is 0 Å². The minimum absolute atomic E-state index is 0.122. The van der Waals surface area contributed by atoms with E-state index in [1.165, 1.54) is 6.07 Å². The maximum Gasteiger partial charge on any atom is 0.141 e. The van der Waals surface area contributed by atoms with Gasteiger partial charge in [0.2, 0.25) is 0 Å². The summed E-state index contributed by atoms with van der Waals surface area (Å²) in [7, 11) is 1.55. The Labute approximate surface area is 123 Å². The topological polar surface area (TPSA) is 35.2 Å².